The van der Waals surface area contributed by atoms with Gasteiger partial charge in [-0.3, -0.25) is 24.2 Å². The Hall–Kier alpha value is -3.53. The van der Waals surface area contributed by atoms with Gasteiger partial charge in [0, 0.05) is 55.4 Å². The molecule has 0 bridgehead atoms. The largest absolute Gasteiger partial charge is 0.369 e. The fourth-order valence-electron chi connectivity index (χ4n) is 5.91. The molecule has 5 heterocycles. The monoisotopic (exact) mass is 526 g/mol. The fourth-order valence-corrected chi connectivity index (χ4v) is 6.08. The SMILES string of the molecule is Cn1cc(C(=O)N2CC3(C2)CN(c2cncc(N4C(=O)c5ccc(Cl)cc5C4(C)C)c2)C3)c(C(F)F)n1. The third kappa shape index (κ3) is 3.60. The van der Waals surface area contributed by atoms with E-state index in [1.807, 2.05) is 26.0 Å². The number of nitrogens with zero attached hydrogens (tertiary/aromatic N) is 6. The van der Waals surface area contributed by atoms with E-state index < -0.39 is 23.6 Å². The van der Waals surface area contributed by atoms with Crippen LogP contribution in [0.3, 0.4) is 0 Å². The number of halogens is 3. The minimum Gasteiger partial charge on any atom is -0.369 e. The van der Waals surface area contributed by atoms with Gasteiger partial charge in [0.25, 0.3) is 18.2 Å². The first-order chi connectivity index (χ1) is 17.5. The molecule has 3 aromatic rings. The summed E-state index contributed by atoms with van der Waals surface area (Å²) in [4.78, 5) is 36.0. The van der Waals surface area contributed by atoms with Gasteiger partial charge in [-0.25, -0.2) is 8.78 Å². The zero-order valence-electron chi connectivity index (χ0n) is 20.6. The molecule has 3 aliphatic rings. The number of aryl methyl sites for hydroxylation is 1. The van der Waals surface area contributed by atoms with E-state index in [-0.39, 0.29) is 16.9 Å². The number of alkyl halides is 2. The van der Waals surface area contributed by atoms with Gasteiger partial charge in [0.2, 0.25) is 0 Å². The smallest absolute Gasteiger partial charge is 0.282 e. The van der Waals surface area contributed by atoms with Crippen molar-refractivity contribution in [3.8, 4) is 0 Å². The number of rotatable bonds is 4. The first-order valence-corrected chi connectivity index (χ1v) is 12.3. The van der Waals surface area contributed by atoms with Crippen LogP contribution in [-0.2, 0) is 12.6 Å². The van der Waals surface area contributed by atoms with Crippen LogP contribution in [-0.4, -0.2) is 57.7 Å². The molecule has 2 amide bonds. The van der Waals surface area contributed by atoms with Gasteiger partial charge in [0.15, 0.2) is 0 Å². The second-order valence-corrected chi connectivity index (χ2v) is 11.1. The summed E-state index contributed by atoms with van der Waals surface area (Å²) in [5.41, 5.74) is 1.91. The molecule has 2 saturated heterocycles. The Labute approximate surface area is 217 Å². The van der Waals surface area contributed by atoms with Crippen molar-refractivity contribution in [2.45, 2.75) is 25.8 Å². The van der Waals surface area contributed by atoms with E-state index in [1.54, 1.807) is 34.3 Å². The zero-order chi connectivity index (χ0) is 26.3. The molecule has 6 rings (SSSR count). The van der Waals surface area contributed by atoms with Crippen LogP contribution in [0.1, 0.15) is 52.2 Å². The van der Waals surface area contributed by atoms with Crippen LogP contribution in [0.25, 0.3) is 0 Å². The Morgan fingerprint density at radius 2 is 1.78 bits per heavy atom. The van der Waals surface area contributed by atoms with E-state index in [2.05, 4.69) is 15.0 Å². The lowest BCUT2D eigenvalue weighted by Gasteiger charge is -2.60. The van der Waals surface area contributed by atoms with E-state index >= 15 is 0 Å². The van der Waals surface area contributed by atoms with Gasteiger partial charge < -0.3 is 9.80 Å². The number of hydrogen-bond acceptors (Lipinski definition) is 5. The zero-order valence-corrected chi connectivity index (χ0v) is 21.3. The van der Waals surface area contributed by atoms with Gasteiger partial charge >= 0.3 is 0 Å². The molecule has 2 aromatic heterocycles. The number of benzene rings is 1. The summed E-state index contributed by atoms with van der Waals surface area (Å²) in [6, 6.07) is 7.28. The van der Waals surface area contributed by atoms with Crippen LogP contribution in [0.2, 0.25) is 5.02 Å². The molecule has 0 atom stereocenters. The number of likely N-dealkylation sites (tertiary alicyclic amines) is 1. The van der Waals surface area contributed by atoms with E-state index in [1.165, 1.54) is 17.9 Å². The second kappa shape index (κ2) is 7.98. The van der Waals surface area contributed by atoms with Crippen molar-refractivity contribution < 1.29 is 18.4 Å². The lowest BCUT2D eigenvalue weighted by atomic mass is 9.72. The third-order valence-electron chi connectivity index (χ3n) is 7.65. The van der Waals surface area contributed by atoms with Crippen molar-refractivity contribution in [2.75, 3.05) is 36.0 Å². The van der Waals surface area contributed by atoms with Crippen LogP contribution >= 0.6 is 11.6 Å². The minimum absolute atomic E-state index is 0.0411. The third-order valence-corrected chi connectivity index (χ3v) is 7.89. The molecule has 0 radical (unpaired) electrons. The molecule has 0 aliphatic carbocycles. The Balaban J connectivity index is 1.15. The van der Waals surface area contributed by atoms with Crippen molar-refractivity contribution in [1.82, 2.24) is 19.7 Å². The summed E-state index contributed by atoms with van der Waals surface area (Å²) in [5, 5.41) is 4.32. The molecular weight excluding hydrogens is 502 g/mol. The maximum atomic E-state index is 13.3. The lowest BCUT2D eigenvalue weighted by molar-refractivity contribution is -0.0108. The average molecular weight is 527 g/mol. The average Bonchev–Trinajstić information content (AvgIpc) is 3.27. The molecule has 0 saturated carbocycles. The highest BCUT2D eigenvalue weighted by Crippen LogP contribution is 2.46. The number of carbonyl (C=O) groups is 2. The summed E-state index contributed by atoms with van der Waals surface area (Å²) in [5.74, 6) is -0.506. The maximum Gasteiger partial charge on any atom is 0.282 e. The summed E-state index contributed by atoms with van der Waals surface area (Å²) in [6.07, 6.45) is 2.00. The van der Waals surface area contributed by atoms with E-state index in [0.29, 0.717) is 42.5 Å². The Kier molecular flexibility index (Phi) is 5.14. The number of anilines is 2. The van der Waals surface area contributed by atoms with Gasteiger partial charge in [-0.2, -0.15) is 5.10 Å². The van der Waals surface area contributed by atoms with Gasteiger partial charge in [-0.15, -0.1) is 0 Å². The second-order valence-electron chi connectivity index (χ2n) is 10.7. The molecule has 8 nitrogen and oxygen atoms in total. The summed E-state index contributed by atoms with van der Waals surface area (Å²) in [7, 11) is 1.52. The molecule has 1 aromatic carbocycles. The summed E-state index contributed by atoms with van der Waals surface area (Å²) in [6.45, 7) is 6.40. The number of carbonyl (C=O) groups excluding carboxylic acids is 2. The van der Waals surface area contributed by atoms with Crippen LogP contribution < -0.4 is 9.80 Å². The van der Waals surface area contributed by atoms with E-state index in [4.69, 9.17) is 11.6 Å². The minimum atomic E-state index is -2.80. The highest BCUT2D eigenvalue weighted by molar-refractivity contribution is 6.31. The molecule has 1 spiro atoms. The standard InChI is InChI=1S/C26H25ClF2N6O2/c1-25(2)20-6-15(27)4-5-18(20)24(37)35(25)17-7-16(8-30-9-17)33-11-26(12-33)13-34(14-26)23(36)19-10-32(3)31-21(19)22(28)29/h4-10,22H,11-14H2,1-3H3. The van der Waals surface area contributed by atoms with Crippen LogP contribution in [0.5, 0.6) is 0 Å². The summed E-state index contributed by atoms with van der Waals surface area (Å²) >= 11 is 6.21. The molecule has 192 valence electrons. The Morgan fingerprint density at radius 3 is 2.49 bits per heavy atom. The maximum absolute atomic E-state index is 13.3. The number of fused-ring (bicyclic) bond motifs is 1. The number of aromatic nitrogens is 3. The molecule has 0 unspecified atom stereocenters. The van der Waals surface area contributed by atoms with Gasteiger partial charge in [0.05, 0.1) is 34.9 Å². The van der Waals surface area contributed by atoms with Gasteiger partial charge in [-0.1, -0.05) is 11.6 Å². The molecule has 37 heavy (non-hydrogen) atoms. The highest BCUT2D eigenvalue weighted by Gasteiger charge is 2.54. The van der Waals surface area contributed by atoms with Gasteiger partial charge in [-0.05, 0) is 43.7 Å². The predicted molar refractivity (Wildman–Crippen MR) is 134 cm³/mol. The number of pyridine rings is 1. The van der Waals surface area contributed by atoms with Crippen LogP contribution in [0.15, 0.2) is 42.9 Å². The highest BCUT2D eigenvalue weighted by atomic mass is 35.5. The number of amides is 2. The topological polar surface area (TPSA) is 74.6 Å². The van der Waals surface area contributed by atoms with Crippen molar-refractivity contribution >= 4 is 34.8 Å². The van der Waals surface area contributed by atoms with Crippen molar-refractivity contribution in [1.29, 1.82) is 0 Å². The molecular formula is C26H25ClF2N6O2. The molecule has 11 heteroatoms. The normalized spacial score (nSPS) is 19.3. The quantitative estimate of drug-likeness (QED) is 0.508. The first-order valence-electron chi connectivity index (χ1n) is 11.9. The fraction of sp³-hybridized carbons (Fsp3) is 0.385. The first kappa shape index (κ1) is 23.8. The van der Waals surface area contributed by atoms with Crippen LogP contribution in [0, 0.1) is 5.41 Å². The van der Waals surface area contributed by atoms with Crippen molar-refractivity contribution in [3.05, 3.63) is 70.3 Å². The van der Waals surface area contributed by atoms with E-state index in [9.17, 15) is 18.4 Å². The van der Waals surface area contributed by atoms with Crippen molar-refractivity contribution in [3.63, 3.8) is 0 Å². The molecule has 0 N–H and O–H groups in total. The van der Waals surface area contributed by atoms with Gasteiger partial charge in [0.1, 0.15) is 5.69 Å². The Morgan fingerprint density at radius 1 is 1.08 bits per heavy atom. The summed E-state index contributed by atoms with van der Waals surface area (Å²) < 4.78 is 27.8. The van der Waals surface area contributed by atoms with Crippen molar-refractivity contribution in [2.24, 2.45) is 12.5 Å². The van der Waals surface area contributed by atoms with E-state index in [0.717, 1.165) is 11.3 Å². The lowest BCUT2D eigenvalue weighted by Crippen LogP contribution is -2.73. The van der Waals surface area contributed by atoms with Crippen LogP contribution in [0.4, 0.5) is 20.2 Å². The molecule has 2 fully saturated rings. The Bertz CT molecular complexity index is 1440. The molecule has 3 aliphatic heterocycles. The predicted octanol–water partition coefficient (Wildman–Crippen LogP) is 4.26. The number of hydrogen-bond donors (Lipinski definition) is 0.